The molecule has 1 fully saturated rings. The summed E-state index contributed by atoms with van der Waals surface area (Å²) in [6.07, 6.45) is 4.10. The second-order valence-corrected chi connectivity index (χ2v) is 4.43. The Morgan fingerprint density at radius 3 is 2.84 bits per heavy atom. The van der Waals surface area contributed by atoms with Crippen LogP contribution in [0.3, 0.4) is 0 Å². The largest absolute Gasteiger partial charge is 0.463 e. The number of rotatable bonds is 6. The van der Waals surface area contributed by atoms with Crippen molar-refractivity contribution < 1.29 is 19.1 Å². The highest BCUT2D eigenvalue weighted by atomic mass is 16.5. The van der Waals surface area contributed by atoms with E-state index in [9.17, 15) is 14.4 Å². The Bertz CT molecular complexity index is 379. The van der Waals surface area contributed by atoms with Crippen LogP contribution in [-0.2, 0) is 19.1 Å². The topological polar surface area (TPSA) is 84.5 Å². The third-order valence-corrected chi connectivity index (χ3v) is 2.84. The highest BCUT2D eigenvalue weighted by Gasteiger charge is 2.26. The molecule has 6 nitrogen and oxygen atoms in total. The fourth-order valence-electron chi connectivity index (χ4n) is 2.01. The van der Waals surface area contributed by atoms with Gasteiger partial charge in [0.15, 0.2) is 0 Å². The molecule has 0 aliphatic carbocycles. The van der Waals surface area contributed by atoms with Crippen LogP contribution in [0.4, 0.5) is 0 Å². The fraction of sp³-hybridized carbons (Fsp3) is 0.615. The molecule has 1 saturated heterocycles. The minimum absolute atomic E-state index is 0.000105. The van der Waals surface area contributed by atoms with E-state index < -0.39 is 5.97 Å². The summed E-state index contributed by atoms with van der Waals surface area (Å²) in [5, 5.41) is 5.46. The number of nitrogens with one attached hydrogen (secondary N) is 2. The Kier molecular flexibility index (Phi) is 6.05. The third-order valence-electron chi connectivity index (χ3n) is 2.84. The van der Waals surface area contributed by atoms with E-state index >= 15 is 0 Å². The molecule has 19 heavy (non-hydrogen) atoms. The highest BCUT2D eigenvalue weighted by Crippen LogP contribution is 2.16. The summed E-state index contributed by atoms with van der Waals surface area (Å²) in [6.45, 7) is 4.09. The van der Waals surface area contributed by atoms with E-state index in [1.807, 2.05) is 0 Å². The van der Waals surface area contributed by atoms with E-state index in [1.165, 1.54) is 13.0 Å². The van der Waals surface area contributed by atoms with Crippen molar-refractivity contribution in [3.8, 4) is 0 Å². The van der Waals surface area contributed by atoms with Gasteiger partial charge in [0.2, 0.25) is 11.8 Å². The maximum absolute atomic E-state index is 11.5. The van der Waals surface area contributed by atoms with Crippen molar-refractivity contribution in [2.45, 2.75) is 32.7 Å². The first-order chi connectivity index (χ1) is 9.02. The standard InChI is InChI=1S/C13H20N2O4/c1-3-19-12(17)5-4-11(15-9(2)16)8-10-6-7-14-13(10)18/h4-5,10-11H,3,6-8H2,1-2H3,(H,14,18)(H,15,16)/b5-4+/t10-,11+/m0/s1. The first-order valence-electron chi connectivity index (χ1n) is 6.42. The molecule has 1 rings (SSSR count). The number of hydrogen-bond donors (Lipinski definition) is 2. The van der Waals surface area contributed by atoms with Gasteiger partial charge in [-0.1, -0.05) is 6.08 Å². The molecule has 1 aliphatic rings. The van der Waals surface area contributed by atoms with Crippen molar-refractivity contribution in [1.29, 1.82) is 0 Å². The van der Waals surface area contributed by atoms with E-state index in [4.69, 9.17) is 4.74 Å². The summed E-state index contributed by atoms with van der Waals surface area (Å²) in [6, 6.07) is -0.337. The zero-order chi connectivity index (χ0) is 14.3. The van der Waals surface area contributed by atoms with Crippen LogP contribution in [-0.4, -0.2) is 37.0 Å². The second kappa shape index (κ2) is 7.56. The van der Waals surface area contributed by atoms with Gasteiger partial charge < -0.3 is 15.4 Å². The fourth-order valence-corrected chi connectivity index (χ4v) is 2.01. The van der Waals surface area contributed by atoms with Crippen LogP contribution >= 0.6 is 0 Å². The molecule has 0 aromatic heterocycles. The molecule has 0 aromatic carbocycles. The lowest BCUT2D eigenvalue weighted by molar-refractivity contribution is -0.137. The van der Waals surface area contributed by atoms with E-state index in [0.717, 1.165) is 6.42 Å². The second-order valence-electron chi connectivity index (χ2n) is 4.43. The van der Waals surface area contributed by atoms with Crippen LogP contribution in [0.25, 0.3) is 0 Å². The molecule has 0 saturated carbocycles. The zero-order valence-corrected chi connectivity index (χ0v) is 11.3. The molecule has 0 spiro atoms. The molecule has 1 heterocycles. The van der Waals surface area contributed by atoms with Crippen LogP contribution in [0, 0.1) is 5.92 Å². The lowest BCUT2D eigenvalue weighted by Gasteiger charge is -2.16. The number of carbonyl (C=O) groups excluding carboxylic acids is 3. The van der Waals surface area contributed by atoms with Crippen molar-refractivity contribution in [2.75, 3.05) is 13.2 Å². The molecule has 2 atom stereocenters. The number of hydrogen-bond acceptors (Lipinski definition) is 4. The minimum Gasteiger partial charge on any atom is -0.463 e. The van der Waals surface area contributed by atoms with Gasteiger partial charge in [-0.3, -0.25) is 9.59 Å². The molecule has 0 radical (unpaired) electrons. The lowest BCUT2D eigenvalue weighted by atomic mass is 9.98. The van der Waals surface area contributed by atoms with Gasteiger partial charge in [-0.05, 0) is 19.8 Å². The number of amides is 2. The van der Waals surface area contributed by atoms with Crippen molar-refractivity contribution >= 4 is 17.8 Å². The summed E-state index contributed by atoms with van der Waals surface area (Å²) in [4.78, 5) is 33.8. The van der Waals surface area contributed by atoms with Gasteiger partial charge >= 0.3 is 5.97 Å². The van der Waals surface area contributed by atoms with Crippen LogP contribution in [0.2, 0.25) is 0 Å². The van der Waals surface area contributed by atoms with Crippen LogP contribution < -0.4 is 10.6 Å². The molecule has 2 amide bonds. The van der Waals surface area contributed by atoms with Crippen LogP contribution in [0.15, 0.2) is 12.2 Å². The van der Waals surface area contributed by atoms with E-state index in [0.29, 0.717) is 19.6 Å². The number of esters is 1. The Morgan fingerprint density at radius 1 is 1.58 bits per heavy atom. The van der Waals surface area contributed by atoms with Gasteiger partial charge in [0, 0.05) is 31.5 Å². The van der Waals surface area contributed by atoms with E-state index in [2.05, 4.69) is 10.6 Å². The van der Waals surface area contributed by atoms with Gasteiger partial charge in [-0.25, -0.2) is 4.79 Å². The number of ether oxygens (including phenoxy) is 1. The number of carbonyl (C=O) groups is 3. The maximum Gasteiger partial charge on any atom is 0.330 e. The average molecular weight is 268 g/mol. The minimum atomic E-state index is -0.450. The molecule has 106 valence electrons. The first kappa shape index (κ1) is 15.2. The lowest BCUT2D eigenvalue weighted by Crippen LogP contribution is -2.35. The quantitative estimate of drug-likeness (QED) is 0.530. The monoisotopic (exact) mass is 268 g/mol. The van der Waals surface area contributed by atoms with Crippen molar-refractivity contribution in [1.82, 2.24) is 10.6 Å². The molecular weight excluding hydrogens is 248 g/mol. The Morgan fingerprint density at radius 2 is 2.32 bits per heavy atom. The predicted molar refractivity (Wildman–Crippen MR) is 69.1 cm³/mol. The van der Waals surface area contributed by atoms with Gasteiger partial charge in [-0.2, -0.15) is 0 Å². The maximum atomic E-state index is 11.5. The Hall–Kier alpha value is -1.85. The normalized spacial score (nSPS) is 20.1. The summed E-state index contributed by atoms with van der Waals surface area (Å²) >= 11 is 0. The molecular formula is C13H20N2O4. The zero-order valence-electron chi connectivity index (χ0n) is 11.3. The van der Waals surface area contributed by atoms with Crippen LogP contribution in [0.5, 0.6) is 0 Å². The Labute approximate surface area is 112 Å². The van der Waals surface area contributed by atoms with E-state index in [1.54, 1.807) is 13.0 Å². The van der Waals surface area contributed by atoms with Crippen molar-refractivity contribution in [3.63, 3.8) is 0 Å². The molecule has 0 aromatic rings. The smallest absolute Gasteiger partial charge is 0.330 e. The third kappa shape index (κ3) is 5.54. The molecule has 0 unspecified atom stereocenters. The van der Waals surface area contributed by atoms with Gasteiger partial charge in [0.1, 0.15) is 0 Å². The van der Waals surface area contributed by atoms with Gasteiger partial charge in [0.05, 0.1) is 6.61 Å². The van der Waals surface area contributed by atoms with Crippen molar-refractivity contribution in [3.05, 3.63) is 12.2 Å². The van der Waals surface area contributed by atoms with Gasteiger partial charge in [-0.15, -0.1) is 0 Å². The van der Waals surface area contributed by atoms with Crippen LogP contribution in [0.1, 0.15) is 26.7 Å². The molecule has 0 bridgehead atoms. The summed E-state index contributed by atoms with van der Waals surface area (Å²) < 4.78 is 4.77. The SMILES string of the molecule is CCOC(=O)/C=C/[C@H](C[C@@H]1CCNC1=O)NC(C)=O. The summed E-state index contributed by atoms with van der Waals surface area (Å²) in [7, 11) is 0. The summed E-state index contributed by atoms with van der Waals surface area (Å²) in [5.74, 6) is -0.769. The highest BCUT2D eigenvalue weighted by molar-refractivity contribution is 5.83. The molecule has 6 heteroatoms. The summed E-state index contributed by atoms with van der Waals surface area (Å²) in [5.41, 5.74) is 0. The van der Waals surface area contributed by atoms with Crippen molar-refractivity contribution in [2.24, 2.45) is 5.92 Å². The Balaban J connectivity index is 2.58. The molecule has 1 aliphatic heterocycles. The van der Waals surface area contributed by atoms with E-state index in [-0.39, 0.29) is 23.8 Å². The van der Waals surface area contributed by atoms with Gasteiger partial charge in [0.25, 0.3) is 0 Å². The average Bonchev–Trinajstić information content (AvgIpc) is 2.72. The first-order valence-corrected chi connectivity index (χ1v) is 6.42. The molecule has 2 N–H and O–H groups in total. The predicted octanol–water partition coefficient (Wildman–Crippen LogP) is 0.137.